The highest BCUT2D eigenvalue weighted by Gasteiger charge is 2.32. The quantitative estimate of drug-likeness (QED) is 0.859. The molecule has 4 nitrogen and oxygen atoms in total. The molecule has 1 aliphatic rings. The number of nitrogens with one attached hydrogen (secondary N) is 1. The third kappa shape index (κ3) is 4.95. The molecule has 0 atom stereocenters. The summed E-state index contributed by atoms with van der Waals surface area (Å²) in [5.74, 6) is -1.23. The molecule has 0 radical (unpaired) electrons. The zero-order chi connectivity index (χ0) is 17.0. The molecular weight excluding hydrogens is 377 g/mol. The predicted molar refractivity (Wildman–Crippen MR) is 81.8 cm³/mol. The lowest BCUT2D eigenvalue weighted by Gasteiger charge is -2.31. The monoisotopic (exact) mass is 392 g/mol. The lowest BCUT2D eigenvalue weighted by atomic mass is 9.95. The van der Waals surface area contributed by atoms with Crippen molar-refractivity contribution in [2.24, 2.45) is 5.92 Å². The van der Waals surface area contributed by atoms with Crippen molar-refractivity contribution in [3.63, 3.8) is 0 Å². The maximum atomic E-state index is 12.4. The van der Waals surface area contributed by atoms with Crippen LogP contribution < -0.4 is 5.32 Å². The van der Waals surface area contributed by atoms with Gasteiger partial charge in [-0.1, -0.05) is 12.1 Å². The molecule has 23 heavy (non-hydrogen) atoms. The van der Waals surface area contributed by atoms with Gasteiger partial charge in [0, 0.05) is 23.5 Å². The van der Waals surface area contributed by atoms with Crippen LogP contribution in [-0.4, -0.2) is 42.5 Å². The van der Waals surface area contributed by atoms with Gasteiger partial charge in [-0.25, -0.2) is 0 Å². The van der Waals surface area contributed by atoms with Crippen molar-refractivity contribution < 1.29 is 22.8 Å². The van der Waals surface area contributed by atoms with Crippen molar-refractivity contribution in [1.29, 1.82) is 0 Å². The summed E-state index contributed by atoms with van der Waals surface area (Å²) in [6, 6.07) is 7.03. The third-order valence-electron chi connectivity index (χ3n) is 3.72. The van der Waals surface area contributed by atoms with E-state index in [1.807, 2.05) is 5.32 Å². The van der Waals surface area contributed by atoms with E-state index in [1.54, 1.807) is 29.2 Å². The number of likely N-dealkylation sites (tertiary alicyclic amines) is 1. The second-order valence-electron chi connectivity index (χ2n) is 5.38. The molecule has 0 unspecified atom stereocenters. The molecule has 0 bridgehead atoms. The van der Waals surface area contributed by atoms with Crippen LogP contribution in [0.3, 0.4) is 0 Å². The van der Waals surface area contributed by atoms with E-state index in [-0.39, 0.29) is 5.91 Å². The van der Waals surface area contributed by atoms with Crippen molar-refractivity contribution in [3.05, 3.63) is 34.3 Å². The van der Waals surface area contributed by atoms with Crippen molar-refractivity contribution in [2.75, 3.05) is 19.6 Å². The second-order valence-corrected chi connectivity index (χ2v) is 6.23. The molecular formula is C15H16BrF3N2O2. The van der Waals surface area contributed by atoms with Crippen LogP contribution in [0.2, 0.25) is 0 Å². The molecule has 1 saturated heterocycles. The summed E-state index contributed by atoms with van der Waals surface area (Å²) in [6.07, 6.45) is -3.69. The molecule has 0 spiro atoms. The molecule has 1 aromatic rings. The summed E-state index contributed by atoms with van der Waals surface area (Å²) in [4.78, 5) is 25.7. The number of hydrogen-bond donors (Lipinski definition) is 1. The highest BCUT2D eigenvalue weighted by molar-refractivity contribution is 9.10. The Kier molecular flexibility index (Phi) is 5.67. The van der Waals surface area contributed by atoms with Crippen LogP contribution in [0.25, 0.3) is 0 Å². The SMILES string of the molecule is O=C(NCC(F)(F)F)C1CCN(C(=O)c2ccccc2Br)CC1. The van der Waals surface area contributed by atoms with Gasteiger partial charge in [0.05, 0.1) is 5.56 Å². The Morgan fingerprint density at radius 2 is 1.83 bits per heavy atom. The molecule has 0 saturated carbocycles. The van der Waals surface area contributed by atoms with Crippen LogP contribution in [0.15, 0.2) is 28.7 Å². The van der Waals surface area contributed by atoms with E-state index in [0.29, 0.717) is 36.0 Å². The molecule has 1 heterocycles. The Labute approximate surface area is 140 Å². The standard InChI is InChI=1S/C15H16BrF3N2O2/c16-12-4-2-1-3-11(12)14(23)21-7-5-10(6-8-21)13(22)20-9-15(17,18)19/h1-4,10H,5-9H2,(H,20,22). The van der Waals surface area contributed by atoms with E-state index in [0.717, 1.165) is 0 Å². The van der Waals surface area contributed by atoms with E-state index < -0.39 is 24.5 Å². The zero-order valence-electron chi connectivity index (χ0n) is 12.2. The van der Waals surface area contributed by atoms with E-state index in [1.165, 1.54) is 0 Å². The Hall–Kier alpha value is -1.57. The fourth-order valence-corrected chi connectivity index (χ4v) is 2.94. The van der Waals surface area contributed by atoms with Gasteiger partial charge in [-0.05, 0) is 40.9 Å². The maximum Gasteiger partial charge on any atom is 0.405 e. The Morgan fingerprint density at radius 1 is 1.22 bits per heavy atom. The van der Waals surface area contributed by atoms with Crippen molar-refractivity contribution in [2.45, 2.75) is 19.0 Å². The van der Waals surface area contributed by atoms with E-state index in [9.17, 15) is 22.8 Å². The summed E-state index contributed by atoms with van der Waals surface area (Å²) in [6.45, 7) is -0.615. The van der Waals surface area contributed by atoms with Crippen LogP contribution >= 0.6 is 15.9 Å². The number of carbonyl (C=O) groups excluding carboxylic acids is 2. The molecule has 2 amide bonds. The van der Waals surface area contributed by atoms with E-state index >= 15 is 0 Å². The normalized spacial score (nSPS) is 16.3. The number of halogens is 4. The topological polar surface area (TPSA) is 49.4 Å². The van der Waals surface area contributed by atoms with Gasteiger partial charge in [-0.15, -0.1) is 0 Å². The molecule has 1 aromatic carbocycles. The largest absolute Gasteiger partial charge is 0.405 e. The van der Waals surface area contributed by atoms with E-state index in [2.05, 4.69) is 15.9 Å². The number of nitrogens with zero attached hydrogens (tertiary/aromatic N) is 1. The lowest BCUT2D eigenvalue weighted by molar-refractivity contribution is -0.141. The van der Waals surface area contributed by atoms with Crippen LogP contribution in [-0.2, 0) is 4.79 Å². The third-order valence-corrected chi connectivity index (χ3v) is 4.41. The average Bonchev–Trinajstić information content (AvgIpc) is 2.52. The lowest BCUT2D eigenvalue weighted by Crippen LogP contribution is -2.44. The van der Waals surface area contributed by atoms with Crippen LogP contribution in [0.1, 0.15) is 23.2 Å². The maximum absolute atomic E-state index is 12.4. The predicted octanol–water partition coefficient (Wildman–Crippen LogP) is 2.98. The zero-order valence-corrected chi connectivity index (χ0v) is 13.8. The summed E-state index contributed by atoms with van der Waals surface area (Å²) < 4.78 is 37.0. The van der Waals surface area contributed by atoms with Gasteiger partial charge in [0.2, 0.25) is 5.91 Å². The molecule has 2 rings (SSSR count). The fraction of sp³-hybridized carbons (Fsp3) is 0.467. The average molecular weight is 393 g/mol. The first-order valence-electron chi connectivity index (χ1n) is 7.16. The Morgan fingerprint density at radius 3 is 2.39 bits per heavy atom. The van der Waals surface area contributed by atoms with Gasteiger partial charge < -0.3 is 10.2 Å². The first kappa shape index (κ1) is 17.8. The number of piperidine rings is 1. The van der Waals surface area contributed by atoms with Crippen LogP contribution in [0.4, 0.5) is 13.2 Å². The molecule has 1 aliphatic heterocycles. The van der Waals surface area contributed by atoms with Gasteiger partial charge in [0.15, 0.2) is 0 Å². The van der Waals surface area contributed by atoms with Crippen LogP contribution in [0, 0.1) is 5.92 Å². The summed E-state index contributed by atoms with van der Waals surface area (Å²) >= 11 is 3.32. The van der Waals surface area contributed by atoms with Gasteiger partial charge in [-0.2, -0.15) is 13.2 Å². The summed E-state index contributed by atoms with van der Waals surface area (Å²) in [5.41, 5.74) is 0.535. The number of hydrogen-bond acceptors (Lipinski definition) is 2. The van der Waals surface area contributed by atoms with Gasteiger partial charge in [-0.3, -0.25) is 9.59 Å². The van der Waals surface area contributed by atoms with Crippen molar-refractivity contribution in [1.82, 2.24) is 10.2 Å². The smallest absolute Gasteiger partial charge is 0.347 e. The van der Waals surface area contributed by atoms with Gasteiger partial charge >= 0.3 is 6.18 Å². The van der Waals surface area contributed by atoms with Crippen LogP contribution in [0.5, 0.6) is 0 Å². The minimum atomic E-state index is -4.41. The van der Waals surface area contributed by atoms with Gasteiger partial charge in [0.25, 0.3) is 5.91 Å². The summed E-state index contributed by atoms with van der Waals surface area (Å²) in [5, 5.41) is 1.90. The van der Waals surface area contributed by atoms with Crippen molar-refractivity contribution in [3.8, 4) is 0 Å². The minimum absolute atomic E-state index is 0.147. The molecule has 1 N–H and O–H groups in total. The summed E-state index contributed by atoms with van der Waals surface area (Å²) in [7, 11) is 0. The first-order chi connectivity index (χ1) is 10.8. The first-order valence-corrected chi connectivity index (χ1v) is 7.95. The highest BCUT2D eigenvalue weighted by Crippen LogP contribution is 2.23. The number of rotatable bonds is 3. The number of alkyl halides is 3. The number of carbonyl (C=O) groups is 2. The Bertz CT molecular complexity index is 584. The fourth-order valence-electron chi connectivity index (χ4n) is 2.48. The molecule has 0 aliphatic carbocycles. The highest BCUT2D eigenvalue weighted by atomic mass is 79.9. The van der Waals surface area contributed by atoms with Crippen molar-refractivity contribution >= 4 is 27.7 Å². The molecule has 8 heteroatoms. The Balaban J connectivity index is 1.87. The van der Waals surface area contributed by atoms with Gasteiger partial charge in [0.1, 0.15) is 6.54 Å². The second kappa shape index (κ2) is 7.33. The molecule has 0 aromatic heterocycles. The number of benzene rings is 1. The van der Waals surface area contributed by atoms with E-state index in [4.69, 9.17) is 0 Å². The molecule has 126 valence electrons. The minimum Gasteiger partial charge on any atom is -0.347 e. The number of amides is 2. The molecule has 1 fully saturated rings.